The van der Waals surface area contributed by atoms with E-state index in [2.05, 4.69) is 15.5 Å². The molecule has 2 aliphatic heterocycles. The van der Waals surface area contributed by atoms with Gasteiger partial charge in [0.1, 0.15) is 0 Å². The van der Waals surface area contributed by atoms with Crippen LogP contribution >= 0.6 is 24.8 Å². The van der Waals surface area contributed by atoms with E-state index in [-0.39, 0.29) is 36.8 Å². The van der Waals surface area contributed by atoms with E-state index < -0.39 is 11.7 Å². The molecule has 2 atom stereocenters. The van der Waals surface area contributed by atoms with Crippen molar-refractivity contribution in [2.24, 2.45) is 5.92 Å². The smallest absolute Gasteiger partial charge is 0.352 e. The summed E-state index contributed by atoms with van der Waals surface area (Å²) < 4.78 is 37.8. The molecule has 160 valence electrons. The fourth-order valence-electron chi connectivity index (χ4n) is 3.75. The minimum Gasteiger partial charge on any atom is -0.352 e. The minimum atomic E-state index is -4.30. The lowest BCUT2D eigenvalue weighted by atomic mass is 10.0. The van der Waals surface area contributed by atoms with Crippen LogP contribution in [0.25, 0.3) is 0 Å². The Morgan fingerprint density at radius 3 is 2.50 bits per heavy atom. The summed E-state index contributed by atoms with van der Waals surface area (Å²) in [6.45, 7) is 4.26. The van der Waals surface area contributed by atoms with E-state index in [1.54, 1.807) is 0 Å². The highest BCUT2D eigenvalue weighted by Gasteiger charge is 2.30. The van der Waals surface area contributed by atoms with Gasteiger partial charge in [0, 0.05) is 32.1 Å². The van der Waals surface area contributed by atoms with Crippen molar-refractivity contribution < 1.29 is 18.0 Å². The fraction of sp³-hybridized carbons (Fsp3) is 0.632. The van der Waals surface area contributed by atoms with Crippen LogP contribution in [-0.2, 0) is 17.5 Å². The van der Waals surface area contributed by atoms with Gasteiger partial charge in [0.05, 0.1) is 5.56 Å². The second-order valence-electron chi connectivity index (χ2n) is 7.38. The largest absolute Gasteiger partial charge is 0.416 e. The molecule has 2 heterocycles. The molecular formula is C19H28Cl2F3N3O. The first-order chi connectivity index (χ1) is 12.4. The third kappa shape index (κ3) is 7.43. The predicted octanol–water partition coefficient (Wildman–Crippen LogP) is 3.63. The number of nitrogens with zero attached hydrogens (tertiary/aromatic N) is 1. The van der Waals surface area contributed by atoms with Crippen LogP contribution in [0.15, 0.2) is 24.3 Å². The first-order valence-electron chi connectivity index (χ1n) is 9.29. The summed E-state index contributed by atoms with van der Waals surface area (Å²) in [7, 11) is 0. The number of alkyl halides is 3. The van der Waals surface area contributed by atoms with Crippen molar-refractivity contribution in [1.82, 2.24) is 15.5 Å². The number of hydrogen-bond acceptors (Lipinski definition) is 3. The molecule has 0 saturated carbocycles. The molecular weight excluding hydrogens is 414 g/mol. The number of benzene rings is 1. The second kappa shape index (κ2) is 11.2. The molecule has 4 nitrogen and oxygen atoms in total. The van der Waals surface area contributed by atoms with Crippen molar-refractivity contribution in [3.05, 3.63) is 35.4 Å². The Bertz CT molecular complexity index is 607. The van der Waals surface area contributed by atoms with Gasteiger partial charge < -0.3 is 10.6 Å². The first-order valence-corrected chi connectivity index (χ1v) is 9.29. The molecule has 2 saturated heterocycles. The molecule has 2 N–H and O–H groups in total. The number of hydrogen-bond donors (Lipinski definition) is 2. The molecule has 1 amide bonds. The Labute approximate surface area is 176 Å². The van der Waals surface area contributed by atoms with Crippen LogP contribution in [0.3, 0.4) is 0 Å². The van der Waals surface area contributed by atoms with E-state index in [4.69, 9.17) is 0 Å². The Hall–Kier alpha value is -1.02. The molecule has 2 aliphatic rings. The third-order valence-corrected chi connectivity index (χ3v) is 5.27. The Morgan fingerprint density at radius 1 is 1.18 bits per heavy atom. The van der Waals surface area contributed by atoms with E-state index in [1.165, 1.54) is 12.1 Å². The van der Waals surface area contributed by atoms with Crippen LogP contribution in [0.5, 0.6) is 0 Å². The maximum absolute atomic E-state index is 12.6. The van der Waals surface area contributed by atoms with Crippen LogP contribution in [0.2, 0.25) is 0 Å². The molecule has 3 rings (SSSR count). The molecule has 2 fully saturated rings. The Morgan fingerprint density at radius 2 is 1.89 bits per heavy atom. The first kappa shape index (κ1) is 25.0. The van der Waals surface area contributed by atoms with Crippen molar-refractivity contribution in [2.75, 3.05) is 26.2 Å². The molecule has 9 heteroatoms. The summed E-state index contributed by atoms with van der Waals surface area (Å²) >= 11 is 0. The van der Waals surface area contributed by atoms with Crippen molar-refractivity contribution in [3.63, 3.8) is 0 Å². The Balaban J connectivity index is 0.00000196. The predicted molar refractivity (Wildman–Crippen MR) is 108 cm³/mol. The van der Waals surface area contributed by atoms with Gasteiger partial charge in [-0.3, -0.25) is 9.69 Å². The zero-order valence-electron chi connectivity index (χ0n) is 15.6. The molecule has 2 unspecified atom stereocenters. The third-order valence-electron chi connectivity index (χ3n) is 5.27. The Kier molecular flexibility index (Phi) is 10.0. The van der Waals surface area contributed by atoms with Crippen LogP contribution in [0.4, 0.5) is 13.2 Å². The van der Waals surface area contributed by atoms with Crippen molar-refractivity contribution in [2.45, 2.75) is 44.4 Å². The molecule has 28 heavy (non-hydrogen) atoms. The zero-order chi connectivity index (χ0) is 18.6. The van der Waals surface area contributed by atoms with Crippen LogP contribution in [0, 0.1) is 5.92 Å². The summed E-state index contributed by atoms with van der Waals surface area (Å²) in [6.07, 6.45) is -0.756. The highest BCUT2D eigenvalue weighted by Crippen LogP contribution is 2.29. The molecule has 0 spiro atoms. The van der Waals surface area contributed by atoms with Gasteiger partial charge in [-0.25, -0.2) is 0 Å². The zero-order valence-corrected chi connectivity index (χ0v) is 17.3. The number of halogens is 5. The lowest BCUT2D eigenvalue weighted by molar-refractivity contribution is -0.137. The average Bonchev–Trinajstić information content (AvgIpc) is 3.25. The van der Waals surface area contributed by atoms with Gasteiger partial charge in [-0.1, -0.05) is 12.1 Å². The normalized spacial score (nSPS) is 22.4. The van der Waals surface area contributed by atoms with Gasteiger partial charge in [-0.2, -0.15) is 13.2 Å². The van der Waals surface area contributed by atoms with Gasteiger partial charge in [-0.15, -0.1) is 24.8 Å². The number of nitrogens with one attached hydrogen (secondary N) is 2. The topological polar surface area (TPSA) is 44.4 Å². The average molecular weight is 442 g/mol. The van der Waals surface area contributed by atoms with Gasteiger partial charge in [0.25, 0.3) is 0 Å². The molecule has 0 radical (unpaired) electrons. The number of likely N-dealkylation sites (tertiary alicyclic amines) is 1. The minimum absolute atomic E-state index is 0. The van der Waals surface area contributed by atoms with E-state index in [0.29, 0.717) is 18.9 Å². The van der Waals surface area contributed by atoms with E-state index in [9.17, 15) is 18.0 Å². The van der Waals surface area contributed by atoms with E-state index >= 15 is 0 Å². The number of carbonyl (C=O) groups excluding carboxylic acids is 1. The summed E-state index contributed by atoms with van der Waals surface area (Å²) in [5.41, 5.74) is 0.240. The molecule has 0 aromatic heterocycles. The van der Waals surface area contributed by atoms with Gasteiger partial charge >= 0.3 is 6.18 Å². The SMILES string of the molecule is Cl.Cl.O=C(CCC1CCNC1)NC1CCN(Cc2ccc(C(F)(F)F)cc2)C1. The summed E-state index contributed by atoms with van der Waals surface area (Å²) in [4.78, 5) is 14.3. The highest BCUT2D eigenvalue weighted by molar-refractivity contribution is 5.85. The van der Waals surface area contributed by atoms with Crippen molar-refractivity contribution in [1.29, 1.82) is 0 Å². The lowest BCUT2D eigenvalue weighted by Gasteiger charge is -2.17. The molecule has 1 aromatic carbocycles. The maximum atomic E-state index is 12.6. The maximum Gasteiger partial charge on any atom is 0.416 e. The summed E-state index contributed by atoms with van der Waals surface area (Å²) in [5, 5.41) is 6.41. The standard InChI is InChI=1S/C19H26F3N3O.2ClH/c20-19(21,22)16-4-1-15(2-5-16)12-25-10-8-17(13-25)24-18(26)6-3-14-7-9-23-11-14;;/h1-2,4-5,14,17,23H,3,6-13H2,(H,24,26);2*1H. The lowest BCUT2D eigenvalue weighted by Crippen LogP contribution is -2.37. The molecule has 0 bridgehead atoms. The van der Waals surface area contributed by atoms with Gasteiger partial charge in [0.15, 0.2) is 0 Å². The number of amides is 1. The van der Waals surface area contributed by atoms with Gasteiger partial charge in [0.2, 0.25) is 5.91 Å². The monoisotopic (exact) mass is 441 g/mol. The van der Waals surface area contributed by atoms with E-state index in [1.807, 2.05) is 0 Å². The summed E-state index contributed by atoms with van der Waals surface area (Å²) in [6, 6.07) is 5.46. The van der Waals surface area contributed by atoms with Crippen LogP contribution in [-0.4, -0.2) is 43.0 Å². The fourth-order valence-corrected chi connectivity index (χ4v) is 3.75. The van der Waals surface area contributed by atoms with Gasteiger partial charge in [-0.05, 0) is 56.0 Å². The van der Waals surface area contributed by atoms with Crippen LogP contribution in [0.1, 0.15) is 36.8 Å². The van der Waals surface area contributed by atoms with Crippen molar-refractivity contribution >= 4 is 30.7 Å². The van der Waals surface area contributed by atoms with Crippen molar-refractivity contribution in [3.8, 4) is 0 Å². The summed E-state index contributed by atoms with van der Waals surface area (Å²) in [5.74, 6) is 0.721. The number of carbonyl (C=O) groups is 1. The van der Waals surface area contributed by atoms with Crippen LogP contribution < -0.4 is 10.6 Å². The second-order valence-corrected chi connectivity index (χ2v) is 7.38. The number of rotatable bonds is 6. The highest BCUT2D eigenvalue weighted by atomic mass is 35.5. The van der Waals surface area contributed by atoms with E-state index in [0.717, 1.165) is 63.1 Å². The molecule has 0 aliphatic carbocycles. The quantitative estimate of drug-likeness (QED) is 0.708. The molecule has 1 aromatic rings.